The van der Waals surface area contributed by atoms with Gasteiger partial charge in [-0.1, -0.05) is 28.1 Å². The van der Waals surface area contributed by atoms with Crippen LogP contribution < -0.4 is 9.47 Å². The summed E-state index contributed by atoms with van der Waals surface area (Å²) in [7, 11) is 0. The minimum absolute atomic E-state index is 0.241. The Bertz CT molecular complexity index is 1240. The van der Waals surface area contributed by atoms with Crippen LogP contribution in [-0.4, -0.2) is 18.5 Å². The third-order valence-electron chi connectivity index (χ3n) is 4.64. The molecule has 33 heavy (non-hydrogen) atoms. The van der Waals surface area contributed by atoms with E-state index in [1.165, 1.54) is 0 Å². The molecule has 0 radical (unpaired) electrons. The average Bonchev–Trinajstić information content (AvgIpc) is 3.15. The average molecular weight is 730 g/mol. The number of aliphatic imine (C=N–C) groups is 1. The van der Waals surface area contributed by atoms with E-state index in [-0.39, 0.29) is 5.70 Å². The van der Waals surface area contributed by atoms with Gasteiger partial charge in [-0.25, -0.2) is 9.79 Å². The molecular formula is C25H18BrI2NO4. The zero-order valence-corrected chi connectivity index (χ0v) is 23.4. The Morgan fingerprint density at radius 1 is 1.03 bits per heavy atom. The molecule has 8 heteroatoms. The molecule has 0 N–H and O–H groups in total. The first kappa shape index (κ1) is 24.2. The van der Waals surface area contributed by atoms with Gasteiger partial charge >= 0.3 is 5.97 Å². The summed E-state index contributed by atoms with van der Waals surface area (Å²) < 4.78 is 20.3. The summed E-state index contributed by atoms with van der Waals surface area (Å²) in [4.78, 5) is 16.8. The number of carbonyl (C=O) groups excluding carboxylic acids is 1. The van der Waals surface area contributed by atoms with Crippen LogP contribution in [-0.2, 0) is 16.1 Å². The highest BCUT2D eigenvalue weighted by Gasteiger charge is 2.24. The van der Waals surface area contributed by atoms with E-state index < -0.39 is 5.97 Å². The van der Waals surface area contributed by atoms with Crippen LogP contribution in [0.1, 0.15) is 23.6 Å². The lowest BCUT2D eigenvalue weighted by molar-refractivity contribution is -0.129. The molecular weight excluding hydrogens is 712 g/mol. The van der Waals surface area contributed by atoms with Gasteiger partial charge in [-0.05, 0) is 118 Å². The highest BCUT2D eigenvalue weighted by molar-refractivity contribution is 14.1. The number of esters is 1. The summed E-state index contributed by atoms with van der Waals surface area (Å²) in [6.07, 6.45) is 1.70. The van der Waals surface area contributed by atoms with Gasteiger partial charge in [0.25, 0.3) is 0 Å². The second-order valence-electron chi connectivity index (χ2n) is 7.02. The molecule has 0 spiro atoms. The van der Waals surface area contributed by atoms with Crippen molar-refractivity contribution in [1.29, 1.82) is 0 Å². The Labute approximate surface area is 227 Å². The lowest BCUT2D eigenvalue weighted by Gasteiger charge is -2.15. The van der Waals surface area contributed by atoms with Crippen LogP contribution in [0.15, 0.2) is 75.8 Å². The van der Waals surface area contributed by atoms with Gasteiger partial charge in [0.05, 0.1) is 10.2 Å². The van der Waals surface area contributed by atoms with Gasteiger partial charge in [-0.2, -0.15) is 0 Å². The number of rotatable bonds is 7. The molecule has 0 saturated heterocycles. The van der Waals surface area contributed by atoms with E-state index in [1.807, 2.05) is 67.6 Å². The number of carbonyl (C=O) groups is 1. The molecule has 1 aliphatic rings. The molecule has 0 aliphatic carbocycles. The molecule has 0 fully saturated rings. The zero-order chi connectivity index (χ0) is 23.4. The molecule has 168 valence electrons. The van der Waals surface area contributed by atoms with Gasteiger partial charge in [-0.15, -0.1) is 0 Å². The van der Waals surface area contributed by atoms with E-state index in [0.717, 1.165) is 28.3 Å². The van der Waals surface area contributed by atoms with Crippen molar-refractivity contribution in [1.82, 2.24) is 0 Å². The summed E-state index contributed by atoms with van der Waals surface area (Å²) in [6.45, 7) is 2.82. The van der Waals surface area contributed by atoms with Crippen molar-refractivity contribution in [3.63, 3.8) is 0 Å². The first-order chi connectivity index (χ1) is 15.9. The minimum Gasteiger partial charge on any atom is -0.490 e. The van der Waals surface area contributed by atoms with Crippen molar-refractivity contribution in [3.05, 3.63) is 94.7 Å². The quantitative estimate of drug-likeness (QED) is 0.150. The highest BCUT2D eigenvalue weighted by atomic mass is 127. The van der Waals surface area contributed by atoms with Crippen LogP contribution in [0.5, 0.6) is 11.5 Å². The Morgan fingerprint density at radius 3 is 2.45 bits per heavy atom. The number of cyclic esters (lactones) is 1. The van der Waals surface area contributed by atoms with Crippen LogP contribution in [0.3, 0.4) is 0 Å². The predicted octanol–water partition coefficient (Wildman–Crippen LogP) is 6.98. The maximum Gasteiger partial charge on any atom is 0.363 e. The molecule has 3 aromatic rings. The van der Waals surface area contributed by atoms with Crippen molar-refractivity contribution >= 4 is 79.1 Å². The van der Waals surface area contributed by atoms with Crippen LogP contribution >= 0.6 is 61.1 Å². The van der Waals surface area contributed by atoms with Crippen molar-refractivity contribution in [3.8, 4) is 11.5 Å². The van der Waals surface area contributed by atoms with Gasteiger partial charge < -0.3 is 14.2 Å². The van der Waals surface area contributed by atoms with Crippen molar-refractivity contribution < 1.29 is 19.0 Å². The molecule has 0 atom stereocenters. The number of nitrogens with zero attached hydrogens (tertiary/aromatic N) is 1. The Kier molecular flexibility index (Phi) is 8.07. The Hall–Kier alpha value is -1.92. The maximum atomic E-state index is 12.4. The maximum absolute atomic E-state index is 12.4. The fraction of sp³-hybridized carbons (Fsp3) is 0.120. The summed E-state index contributed by atoms with van der Waals surface area (Å²) in [6, 6.07) is 19.4. The van der Waals surface area contributed by atoms with E-state index >= 15 is 0 Å². The molecule has 5 nitrogen and oxygen atoms in total. The molecule has 0 saturated carbocycles. The summed E-state index contributed by atoms with van der Waals surface area (Å²) >= 11 is 7.88. The third kappa shape index (κ3) is 6.15. The fourth-order valence-electron chi connectivity index (χ4n) is 3.09. The first-order valence-corrected chi connectivity index (χ1v) is 13.0. The van der Waals surface area contributed by atoms with Crippen LogP contribution in [0.25, 0.3) is 6.08 Å². The normalized spacial score (nSPS) is 14.2. The molecule has 3 aromatic carbocycles. The molecule has 1 heterocycles. The van der Waals surface area contributed by atoms with E-state index in [4.69, 9.17) is 14.2 Å². The minimum atomic E-state index is -0.480. The topological polar surface area (TPSA) is 57.1 Å². The largest absolute Gasteiger partial charge is 0.490 e. The van der Waals surface area contributed by atoms with Crippen molar-refractivity contribution in [2.75, 3.05) is 6.61 Å². The SMILES string of the molecule is CCOc1cc(/C=C2\N=C(c3ccc(I)cc3)OC2=O)cc(I)c1OCc1ccc(Br)cc1. The van der Waals surface area contributed by atoms with Gasteiger partial charge in [-0.3, -0.25) is 0 Å². The standard InChI is InChI=1S/C25H18BrI2NO4/c1-2-31-22-13-16(11-20(28)23(22)32-14-15-3-7-18(26)8-4-15)12-21-25(30)33-24(29-21)17-5-9-19(27)10-6-17/h3-13H,2,14H2,1H3/b21-12-. The summed E-state index contributed by atoms with van der Waals surface area (Å²) in [5.41, 5.74) is 2.82. The van der Waals surface area contributed by atoms with E-state index in [1.54, 1.807) is 6.08 Å². The third-order valence-corrected chi connectivity index (χ3v) is 6.69. The van der Waals surface area contributed by atoms with E-state index in [0.29, 0.717) is 30.6 Å². The van der Waals surface area contributed by atoms with Crippen molar-refractivity contribution in [2.24, 2.45) is 4.99 Å². The molecule has 0 bridgehead atoms. The molecule has 1 aliphatic heterocycles. The number of benzene rings is 3. The number of halogens is 3. The summed E-state index contributed by atoms with van der Waals surface area (Å²) in [5.74, 6) is 1.10. The smallest absolute Gasteiger partial charge is 0.363 e. The van der Waals surface area contributed by atoms with Crippen LogP contribution in [0.4, 0.5) is 0 Å². The van der Waals surface area contributed by atoms with Gasteiger partial charge in [0, 0.05) is 13.6 Å². The van der Waals surface area contributed by atoms with Crippen LogP contribution in [0.2, 0.25) is 0 Å². The van der Waals surface area contributed by atoms with E-state index in [9.17, 15) is 4.79 Å². The van der Waals surface area contributed by atoms with E-state index in [2.05, 4.69) is 66.1 Å². The molecule has 4 rings (SSSR count). The summed E-state index contributed by atoms with van der Waals surface area (Å²) in [5, 5.41) is 0. The van der Waals surface area contributed by atoms with Gasteiger partial charge in [0.1, 0.15) is 6.61 Å². The molecule has 0 amide bonds. The zero-order valence-electron chi connectivity index (χ0n) is 17.5. The van der Waals surface area contributed by atoms with Gasteiger partial charge in [0.2, 0.25) is 5.90 Å². The molecule has 0 aromatic heterocycles. The highest BCUT2D eigenvalue weighted by Crippen LogP contribution is 2.36. The number of ether oxygens (including phenoxy) is 3. The number of hydrogen-bond acceptors (Lipinski definition) is 5. The monoisotopic (exact) mass is 729 g/mol. The predicted molar refractivity (Wildman–Crippen MR) is 149 cm³/mol. The second kappa shape index (κ2) is 11.0. The second-order valence-corrected chi connectivity index (χ2v) is 10.3. The van der Waals surface area contributed by atoms with Gasteiger partial charge in [0.15, 0.2) is 17.2 Å². The van der Waals surface area contributed by atoms with Crippen LogP contribution in [0, 0.1) is 7.14 Å². The lowest BCUT2D eigenvalue weighted by Crippen LogP contribution is -2.05. The molecule has 0 unspecified atom stereocenters. The number of hydrogen-bond donors (Lipinski definition) is 0. The Balaban J connectivity index is 1.60. The lowest BCUT2D eigenvalue weighted by atomic mass is 10.1. The Morgan fingerprint density at radius 2 is 1.76 bits per heavy atom. The first-order valence-electron chi connectivity index (χ1n) is 10.0. The fourth-order valence-corrected chi connectivity index (χ4v) is 4.50. The van der Waals surface area contributed by atoms with Crippen molar-refractivity contribution in [2.45, 2.75) is 13.5 Å².